The molecule has 0 saturated heterocycles. The summed E-state index contributed by atoms with van der Waals surface area (Å²) in [4.78, 5) is 12.5. The van der Waals surface area contributed by atoms with Crippen molar-refractivity contribution in [1.29, 1.82) is 0 Å². The summed E-state index contributed by atoms with van der Waals surface area (Å²) >= 11 is 0. The molecule has 5 heteroatoms. The first kappa shape index (κ1) is 16.2. The van der Waals surface area contributed by atoms with Crippen LogP contribution in [0.1, 0.15) is 51.4 Å². The fourth-order valence-corrected chi connectivity index (χ4v) is 2.89. The fraction of sp³-hybridized carbons (Fsp3) is 0.471. The van der Waals surface area contributed by atoms with Gasteiger partial charge in [0, 0.05) is 16.8 Å². The highest BCUT2D eigenvalue weighted by molar-refractivity contribution is 5.95. The first-order valence-electron chi connectivity index (χ1n) is 7.44. The molecule has 118 valence electrons. The number of nitrogens with one attached hydrogen (secondary N) is 1. The summed E-state index contributed by atoms with van der Waals surface area (Å²) in [5.41, 5.74) is 1.39. The van der Waals surface area contributed by atoms with Crippen molar-refractivity contribution in [3.63, 3.8) is 0 Å². The van der Waals surface area contributed by atoms with Gasteiger partial charge in [-0.3, -0.25) is 9.36 Å². The van der Waals surface area contributed by atoms with E-state index in [1.54, 1.807) is 17.2 Å². The lowest BCUT2D eigenvalue weighted by Gasteiger charge is -2.33. The van der Waals surface area contributed by atoms with Gasteiger partial charge in [0.15, 0.2) is 0 Å². The highest BCUT2D eigenvalue weighted by Crippen LogP contribution is 2.27. The average Bonchev–Trinajstić information content (AvgIpc) is 2.89. The van der Waals surface area contributed by atoms with Crippen molar-refractivity contribution >= 4 is 5.91 Å². The first-order valence-corrected chi connectivity index (χ1v) is 7.44. The van der Waals surface area contributed by atoms with E-state index in [0.29, 0.717) is 5.56 Å². The zero-order valence-corrected chi connectivity index (χ0v) is 13.9. The molecule has 2 aromatic rings. The van der Waals surface area contributed by atoms with E-state index in [4.69, 9.17) is 0 Å². The van der Waals surface area contributed by atoms with Crippen LogP contribution >= 0.6 is 0 Å². The second-order valence-corrected chi connectivity index (χ2v) is 7.49. The molecule has 2 rings (SSSR count). The lowest BCUT2D eigenvalue weighted by atomic mass is 9.81. The van der Waals surface area contributed by atoms with E-state index in [-0.39, 0.29) is 16.9 Å². The molecule has 22 heavy (non-hydrogen) atoms. The third-order valence-corrected chi connectivity index (χ3v) is 3.25. The lowest BCUT2D eigenvalue weighted by molar-refractivity contribution is 0.0891. The van der Waals surface area contributed by atoms with Crippen molar-refractivity contribution in [2.45, 2.75) is 46.6 Å². The van der Waals surface area contributed by atoms with Gasteiger partial charge in [-0.25, -0.2) is 0 Å². The third kappa shape index (κ3) is 4.41. The fourth-order valence-electron chi connectivity index (χ4n) is 2.89. The Morgan fingerprint density at radius 2 is 1.77 bits per heavy atom. The minimum atomic E-state index is -0.262. The topological polar surface area (TPSA) is 59.8 Å². The van der Waals surface area contributed by atoms with Crippen LogP contribution in [0.4, 0.5) is 0 Å². The molecule has 1 aromatic heterocycles. The van der Waals surface area contributed by atoms with Gasteiger partial charge in [0.2, 0.25) is 0 Å². The van der Waals surface area contributed by atoms with Gasteiger partial charge in [0.25, 0.3) is 5.91 Å². The largest absolute Gasteiger partial charge is 0.347 e. The molecule has 0 aliphatic rings. The number of carbonyl (C=O) groups excluding carboxylic acids is 1. The zero-order chi connectivity index (χ0) is 16.4. The highest BCUT2D eigenvalue weighted by atomic mass is 16.1. The van der Waals surface area contributed by atoms with Gasteiger partial charge in [-0.15, -0.1) is 10.2 Å². The van der Waals surface area contributed by atoms with Crippen LogP contribution in [0.5, 0.6) is 0 Å². The van der Waals surface area contributed by atoms with E-state index in [2.05, 4.69) is 50.1 Å². The molecule has 1 amide bonds. The Balaban J connectivity index is 2.15. The van der Waals surface area contributed by atoms with Gasteiger partial charge in [-0.05, 0) is 43.9 Å². The number of benzene rings is 1. The van der Waals surface area contributed by atoms with Crippen molar-refractivity contribution in [1.82, 2.24) is 20.1 Å². The first-order chi connectivity index (χ1) is 10.2. The molecule has 0 atom stereocenters. The van der Waals surface area contributed by atoms with Gasteiger partial charge in [0.05, 0.1) is 0 Å². The molecule has 0 radical (unpaired) electrons. The number of carbonyl (C=O) groups is 1. The Kier molecular flexibility index (Phi) is 4.35. The molecule has 1 heterocycles. The van der Waals surface area contributed by atoms with E-state index in [0.717, 1.165) is 12.1 Å². The van der Waals surface area contributed by atoms with Gasteiger partial charge >= 0.3 is 0 Å². The quantitative estimate of drug-likeness (QED) is 0.943. The molecule has 0 saturated carbocycles. The van der Waals surface area contributed by atoms with Crippen molar-refractivity contribution in [2.24, 2.45) is 5.41 Å². The van der Waals surface area contributed by atoms with Crippen LogP contribution < -0.4 is 5.32 Å². The smallest absolute Gasteiger partial charge is 0.251 e. The number of amides is 1. The molecular weight excluding hydrogens is 276 g/mol. The molecule has 0 unspecified atom stereocenters. The summed E-state index contributed by atoms with van der Waals surface area (Å²) < 4.78 is 1.77. The zero-order valence-electron chi connectivity index (χ0n) is 13.9. The monoisotopic (exact) mass is 300 g/mol. The number of nitrogens with zero attached hydrogens (tertiary/aromatic N) is 3. The molecule has 0 spiro atoms. The van der Waals surface area contributed by atoms with E-state index in [1.165, 1.54) is 0 Å². The molecule has 1 N–H and O–H groups in total. The van der Waals surface area contributed by atoms with Crippen LogP contribution in [0.2, 0.25) is 0 Å². The predicted molar refractivity (Wildman–Crippen MR) is 87.0 cm³/mol. The van der Waals surface area contributed by atoms with Crippen LogP contribution in [-0.2, 0) is 0 Å². The van der Waals surface area contributed by atoms with Gasteiger partial charge in [-0.2, -0.15) is 0 Å². The molecule has 1 aromatic carbocycles. The SMILES string of the molecule is CC(C)(C)CC(C)(C)NC(=O)c1cccc(-n2cnnc2)c1. The van der Waals surface area contributed by atoms with Crippen molar-refractivity contribution in [3.05, 3.63) is 42.5 Å². The van der Waals surface area contributed by atoms with E-state index < -0.39 is 0 Å². The summed E-state index contributed by atoms with van der Waals surface area (Å²) in [6, 6.07) is 7.43. The number of aromatic nitrogens is 3. The summed E-state index contributed by atoms with van der Waals surface area (Å²) in [7, 11) is 0. The maximum absolute atomic E-state index is 12.5. The summed E-state index contributed by atoms with van der Waals surface area (Å²) in [5.74, 6) is -0.0656. The molecular formula is C17H24N4O. The molecule has 0 bridgehead atoms. The lowest BCUT2D eigenvalue weighted by Crippen LogP contribution is -2.45. The Hall–Kier alpha value is -2.17. The van der Waals surface area contributed by atoms with Gasteiger partial charge in [0.1, 0.15) is 12.7 Å². The number of hydrogen-bond acceptors (Lipinski definition) is 3. The van der Waals surface area contributed by atoms with Crippen LogP contribution in [-0.4, -0.2) is 26.2 Å². The second kappa shape index (κ2) is 5.91. The summed E-state index contributed by atoms with van der Waals surface area (Å²) in [6.45, 7) is 10.6. The van der Waals surface area contributed by atoms with Gasteiger partial charge < -0.3 is 5.32 Å². The Labute approximate surface area is 131 Å². The Morgan fingerprint density at radius 1 is 1.14 bits per heavy atom. The normalized spacial score (nSPS) is 12.2. The van der Waals surface area contributed by atoms with E-state index in [9.17, 15) is 4.79 Å². The number of hydrogen-bond donors (Lipinski definition) is 1. The minimum Gasteiger partial charge on any atom is -0.347 e. The van der Waals surface area contributed by atoms with E-state index in [1.807, 2.05) is 24.3 Å². The standard InChI is InChI=1S/C17H24N4O/c1-16(2,3)10-17(4,5)20-15(22)13-7-6-8-14(9-13)21-11-18-19-12-21/h6-9,11-12H,10H2,1-5H3,(H,20,22). The minimum absolute atomic E-state index is 0.0656. The van der Waals surface area contributed by atoms with Crippen LogP contribution in [0.3, 0.4) is 0 Å². The van der Waals surface area contributed by atoms with Crippen molar-refractivity contribution in [3.8, 4) is 5.69 Å². The van der Waals surface area contributed by atoms with Gasteiger partial charge in [-0.1, -0.05) is 26.8 Å². The van der Waals surface area contributed by atoms with Crippen LogP contribution in [0.25, 0.3) is 5.69 Å². The summed E-state index contributed by atoms with van der Waals surface area (Å²) in [6.07, 6.45) is 4.12. The number of rotatable bonds is 4. The Bertz CT molecular complexity index is 639. The highest BCUT2D eigenvalue weighted by Gasteiger charge is 2.27. The molecule has 0 aliphatic heterocycles. The van der Waals surface area contributed by atoms with Crippen LogP contribution in [0.15, 0.2) is 36.9 Å². The van der Waals surface area contributed by atoms with Crippen molar-refractivity contribution < 1.29 is 4.79 Å². The molecule has 5 nitrogen and oxygen atoms in total. The maximum Gasteiger partial charge on any atom is 0.251 e. The van der Waals surface area contributed by atoms with Crippen LogP contribution in [0, 0.1) is 5.41 Å². The van der Waals surface area contributed by atoms with E-state index >= 15 is 0 Å². The maximum atomic E-state index is 12.5. The third-order valence-electron chi connectivity index (χ3n) is 3.25. The average molecular weight is 300 g/mol. The second-order valence-electron chi connectivity index (χ2n) is 7.49. The molecule has 0 aliphatic carbocycles. The Morgan fingerprint density at radius 3 is 2.36 bits per heavy atom. The predicted octanol–water partition coefficient (Wildman–Crippen LogP) is 3.21. The van der Waals surface area contributed by atoms with Crippen molar-refractivity contribution in [2.75, 3.05) is 0 Å². The molecule has 0 fully saturated rings. The summed E-state index contributed by atoms with van der Waals surface area (Å²) in [5, 5.41) is 10.7.